The van der Waals surface area contributed by atoms with Crippen LogP contribution in [0.15, 0.2) is 18.3 Å². The summed E-state index contributed by atoms with van der Waals surface area (Å²) >= 11 is 4.94. The number of hydrogen-bond acceptors (Lipinski definition) is 3. The third-order valence-electron chi connectivity index (χ3n) is 1.99. The van der Waals surface area contributed by atoms with Gasteiger partial charge in [0, 0.05) is 19.8 Å². The van der Waals surface area contributed by atoms with Gasteiger partial charge in [-0.15, -0.1) is 0 Å². The highest BCUT2D eigenvalue weighted by atomic mass is 32.1. The summed E-state index contributed by atoms with van der Waals surface area (Å²) < 4.78 is 0. The van der Waals surface area contributed by atoms with Crippen LogP contribution in [-0.4, -0.2) is 23.6 Å². The number of pyridine rings is 1. The van der Waals surface area contributed by atoms with Crippen LogP contribution in [0.25, 0.3) is 0 Å². The minimum absolute atomic E-state index is 0.351. The molecule has 2 N–H and O–H groups in total. The second kappa shape index (κ2) is 4.91. The first-order valence-electron chi connectivity index (χ1n) is 4.62. The Morgan fingerprint density at radius 2 is 2.36 bits per heavy atom. The topological polar surface area (TPSA) is 42.2 Å². The van der Waals surface area contributed by atoms with Crippen LogP contribution in [0.4, 0.5) is 5.69 Å². The van der Waals surface area contributed by atoms with Crippen LogP contribution < -0.4 is 10.6 Å². The molecule has 0 spiro atoms. The molecule has 0 fully saturated rings. The molecule has 3 nitrogen and oxygen atoms in total. The van der Waals surface area contributed by atoms with Crippen molar-refractivity contribution in [1.82, 2.24) is 4.98 Å². The van der Waals surface area contributed by atoms with Crippen molar-refractivity contribution in [3.05, 3.63) is 24.0 Å². The van der Waals surface area contributed by atoms with Crippen molar-refractivity contribution < 1.29 is 0 Å². The number of thiocarbonyl (C=S) groups is 1. The Morgan fingerprint density at radius 3 is 2.93 bits per heavy atom. The van der Waals surface area contributed by atoms with E-state index in [0.29, 0.717) is 10.7 Å². The molecule has 0 radical (unpaired) electrons. The van der Waals surface area contributed by atoms with Crippen LogP contribution in [0.2, 0.25) is 0 Å². The van der Waals surface area contributed by atoms with Crippen LogP contribution in [0.1, 0.15) is 19.0 Å². The molecule has 1 aromatic heterocycles. The van der Waals surface area contributed by atoms with E-state index < -0.39 is 0 Å². The summed E-state index contributed by atoms with van der Waals surface area (Å²) in [5.41, 5.74) is 7.30. The second-order valence-electron chi connectivity index (χ2n) is 3.16. The predicted octanol–water partition coefficient (Wildman–Crippen LogP) is 1.56. The number of nitrogens with zero attached hydrogens (tertiary/aromatic N) is 2. The van der Waals surface area contributed by atoms with Crippen LogP contribution in [-0.2, 0) is 0 Å². The third-order valence-corrected chi connectivity index (χ3v) is 2.18. The Balaban J connectivity index is 3.00. The monoisotopic (exact) mass is 209 g/mol. The molecule has 0 aliphatic carbocycles. The number of hydrogen-bond donors (Lipinski definition) is 1. The molecule has 0 unspecified atom stereocenters. The lowest BCUT2D eigenvalue weighted by Crippen LogP contribution is -2.23. The van der Waals surface area contributed by atoms with Crippen molar-refractivity contribution in [3.8, 4) is 0 Å². The Labute approximate surface area is 89.9 Å². The van der Waals surface area contributed by atoms with Gasteiger partial charge in [0.05, 0.1) is 5.69 Å². The van der Waals surface area contributed by atoms with Gasteiger partial charge in [0.15, 0.2) is 0 Å². The lowest BCUT2D eigenvalue weighted by atomic mass is 10.2. The van der Waals surface area contributed by atoms with E-state index in [1.807, 2.05) is 19.2 Å². The Morgan fingerprint density at radius 1 is 1.64 bits per heavy atom. The first-order chi connectivity index (χ1) is 6.66. The van der Waals surface area contributed by atoms with E-state index >= 15 is 0 Å². The number of aromatic nitrogens is 1. The summed E-state index contributed by atoms with van der Waals surface area (Å²) in [6.07, 6.45) is 2.79. The molecular weight excluding hydrogens is 194 g/mol. The Hall–Kier alpha value is -1.16. The van der Waals surface area contributed by atoms with Crippen molar-refractivity contribution in [1.29, 1.82) is 0 Å². The Kier molecular flexibility index (Phi) is 3.83. The van der Waals surface area contributed by atoms with Crippen LogP contribution in [0, 0.1) is 0 Å². The Bertz CT molecular complexity index is 325. The fourth-order valence-electron chi connectivity index (χ4n) is 1.35. The summed E-state index contributed by atoms with van der Waals surface area (Å²) in [7, 11) is 2.02. The van der Waals surface area contributed by atoms with E-state index in [0.717, 1.165) is 18.7 Å². The van der Waals surface area contributed by atoms with Gasteiger partial charge in [0.2, 0.25) is 0 Å². The number of nitrogens with two attached hydrogens (primary N) is 1. The van der Waals surface area contributed by atoms with Gasteiger partial charge < -0.3 is 10.6 Å². The molecule has 0 saturated carbocycles. The van der Waals surface area contributed by atoms with Crippen LogP contribution in [0.3, 0.4) is 0 Å². The lowest BCUT2D eigenvalue weighted by molar-refractivity contribution is 0.848. The van der Waals surface area contributed by atoms with Crippen LogP contribution in [0.5, 0.6) is 0 Å². The molecule has 14 heavy (non-hydrogen) atoms. The second-order valence-corrected chi connectivity index (χ2v) is 3.60. The summed E-state index contributed by atoms with van der Waals surface area (Å²) in [5.74, 6) is 0. The fourth-order valence-corrected chi connectivity index (χ4v) is 1.51. The first kappa shape index (κ1) is 10.9. The molecule has 1 rings (SSSR count). The average Bonchev–Trinajstić information content (AvgIpc) is 2.18. The number of rotatable bonds is 4. The highest BCUT2D eigenvalue weighted by Crippen LogP contribution is 2.16. The summed E-state index contributed by atoms with van der Waals surface area (Å²) in [5, 5.41) is 0. The smallest absolute Gasteiger partial charge is 0.124 e. The molecule has 76 valence electrons. The van der Waals surface area contributed by atoms with Crippen molar-refractivity contribution in [2.24, 2.45) is 5.73 Å². The van der Waals surface area contributed by atoms with Gasteiger partial charge in [-0.05, 0) is 18.6 Å². The van der Waals surface area contributed by atoms with Gasteiger partial charge in [-0.2, -0.15) is 0 Å². The molecule has 0 atom stereocenters. The zero-order valence-electron chi connectivity index (χ0n) is 8.53. The minimum Gasteiger partial charge on any atom is -0.388 e. The number of anilines is 1. The highest BCUT2D eigenvalue weighted by molar-refractivity contribution is 7.80. The van der Waals surface area contributed by atoms with E-state index in [2.05, 4.69) is 16.8 Å². The normalized spacial score (nSPS) is 9.86. The predicted molar refractivity (Wildman–Crippen MR) is 63.7 cm³/mol. The lowest BCUT2D eigenvalue weighted by Gasteiger charge is -2.20. The first-order valence-corrected chi connectivity index (χ1v) is 5.03. The maximum Gasteiger partial charge on any atom is 0.124 e. The van der Waals surface area contributed by atoms with Gasteiger partial charge >= 0.3 is 0 Å². The van der Waals surface area contributed by atoms with Gasteiger partial charge in [-0.3, -0.25) is 4.98 Å². The molecule has 1 heterocycles. The zero-order chi connectivity index (χ0) is 10.6. The molecule has 0 saturated heterocycles. The summed E-state index contributed by atoms with van der Waals surface area (Å²) in [6.45, 7) is 3.11. The van der Waals surface area contributed by atoms with E-state index in [1.165, 1.54) is 0 Å². The van der Waals surface area contributed by atoms with Crippen molar-refractivity contribution in [2.45, 2.75) is 13.3 Å². The van der Waals surface area contributed by atoms with Gasteiger partial charge in [0.1, 0.15) is 10.7 Å². The van der Waals surface area contributed by atoms with Gasteiger partial charge in [0.25, 0.3) is 0 Å². The molecule has 1 aromatic rings. The molecule has 4 heteroatoms. The minimum atomic E-state index is 0.351. The average molecular weight is 209 g/mol. The van der Waals surface area contributed by atoms with Gasteiger partial charge in [-0.1, -0.05) is 19.1 Å². The fraction of sp³-hybridized carbons (Fsp3) is 0.400. The molecule has 0 amide bonds. The summed E-state index contributed by atoms with van der Waals surface area (Å²) in [6, 6.07) is 3.88. The van der Waals surface area contributed by atoms with Crippen molar-refractivity contribution in [3.63, 3.8) is 0 Å². The van der Waals surface area contributed by atoms with Crippen molar-refractivity contribution >= 4 is 22.9 Å². The highest BCUT2D eigenvalue weighted by Gasteiger charge is 2.08. The summed E-state index contributed by atoms with van der Waals surface area (Å²) in [4.78, 5) is 6.64. The van der Waals surface area contributed by atoms with Crippen LogP contribution >= 0.6 is 12.2 Å². The largest absolute Gasteiger partial charge is 0.388 e. The molecule has 0 aromatic carbocycles. The van der Waals surface area contributed by atoms with Gasteiger partial charge in [-0.25, -0.2) is 0 Å². The van der Waals surface area contributed by atoms with E-state index in [-0.39, 0.29) is 0 Å². The van der Waals surface area contributed by atoms with Crippen molar-refractivity contribution in [2.75, 3.05) is 18.5 Å². The molecule has 0 aliphatic rings. The maximum atomic E-state index is 5.59. The third kappa shape index (κ3) is 2.42. The zero-order valence-corrected chi connectivity index (χ0v) is 9.34. The van der Waals surface area contributed by atoms with E-state index in [9.17, 15) is 0 Å². The standard InChI is InChI=1S/C10H15N3S/c1-3-7-13(2)8-5-4-6-12-9(8)10(11)14/h4-6H,3,7H2,1-2H3,(H2,11,14). The molecule has 0 aliphatic heterocycles. The quantitative estimate of drug-likeness (QED) is 0.764. The molecular formula is C10H15N3S. The molecule has 0 bridgehead atoms. The van der Waals surface area contributed by atoms with E-state index in [4.69, 9.17) is 18.0 Å². The SMILES string of the molecule is CCCN(C)c1cccnc1C(N)=S. The van der Waals surface area contributed by atoms with E-state index in [1.54, 1.807) is 6.20 Å². The maximum absolute atomic E-state index is 5.59.